The third-order valence-electron chi connectivity index (χ3n) is 3.14. The maximum Gasteiger partial charge on any atom is 0.164 e. The Morgan fingerprint density at radius 1 is 1.44 bits per heavy atom. The number of carbonyl (C=O) groups excluding carboxylic acids is 1. The minimum absolute atomic E-state index is 0.228. The highest BCUT2D eigenvalue weighted by Crippen LogP contribution is 2.35. The average Bonchev–Trinajstić information content (AvgIpc) is 2.39. The van der Waals surface area contributed by atoms with E-state index >= 15 is 0 Å². The molecule has 3 heteroatoms. The number of halogens is 1. The molecule has 86 valence electrons. The Hall–Kier alpha value is -0.830. The van der Waals surface area contributed by atoms with Crippen LogP contribution in [0.15, 0.2) is 16.6 Å². The summed E-state index contributed by atoms with van der Waals surface area (Å²) in [6.45, 7) is 2.13. The number of hydrogen-bond acceptors (Lipinski definition) is 2. The van der Waals surface area contributed by atoms with Crippen molar-refractivity contribution in [2.24, 2.45) is 5.92 Å². The highest BCUT2D eigenvalue weighted by Gasteiger charge is 2.24. The number of ether oxygens (including phenoxy) is 1. The largest absolute Gasteiger partial charge is 0.496 e. The summed E-state index contributed by atoms with van der Waals surface area (Å²) in [4.78, 5) is 12.1. The average molecular weight is 283 g/mol. The van der Waals surface area contributed by atoms with E-state index in [1.54, 1.807) is 7.11 Å². The van der Waals surface area contributed by atoms with Crippen molar-refractivity contribution in [3.63, 3.8) is 0 Å². The molecule has 0 N–H and O–H groups in total. The molecule has 2 rings (SSSR count). The second kappa shape index (κ2) is 4.58. The summed E-state index contributed by atoms with van der Waals surface area (Å²) in [7, 11) is 1.66. The molecule has 0 bridgehead atoms. The van der Waals surface area contributed by atoms with Gasteiger partial charge in [0.2, 0.25) is 0 Å². The molecule has 1 aromatic rings. The number of methoxy groups -OCH3 is 1. The lowest BCUT2D eigenvalue weighted by Crippen LogP contribution is -2.05. The predicted octanol–water partition coefficient (Wildman–Crippen LogP) is 3.61. The van der Waals surface area contributed by atoms with E-state index in [4.69, 9.17) is 4.74 Å². The lowest BCUT2D eigenvalue weighted by atomic mass is 10.0. The minimum Gasteiger partial charge on any atom is -0.496 e. The van der Waals surface area contributed by atoms with E-state index in [1.807, 2.05) is 12.1 Å². The van der Waals surface area contributed by atoms with Crippen LogP contribution in [0.3, 0.4) is 0 Å². The number of carbonyl (C=O) groups is 1. The molecule has 0 amide bonds. The summed E-state index contributed by atoms with van der Waals surface area (Å²) in [6, 6.07) is 3.82. The van der Waals surface area contributed by atoms with E-state index < -0.39 is 0 Å². The number of benzene rings is 1. The zero-order valence-electron chi connectivity index (χ0n) is 9.55. The topological polar surface area (TPSA) is 26.3 Å². The van der Waals surface area contributed by atoms with Crippen LogP contribution in [-0.2, 0) is 6.42 Å². The van der Waals surface area contributed by atoms with Crippen LogP contribution in [0.1, 0.15) is 35.7 Å². The lowest BCUT2D eigenvalue weighted by molar-refractivity contribution is 0.0966. The highest BCUT2D eigenvalue weighted by atomic mass is 79.9. The van der Waals surface area contributed by atoms with E-state index in [0.29, 0.717) is 12.3 Å². The molecule has 0 saturated carbocycles. The van der Waals surface area contributed by atoms with E-state index in [1.165, 1.54) is 0 Å². The van der Waals surface area contributed by atoms with Crippen LogP contribution in [0.4, 0.5) is 0 Å². The van der Waals surface area contributed by atoms with Gasteiger partial charge in [-0.15, -0.1) is 0 Å². The Morgan fingerprint density at radius 2 is 2.19 bits per heavy atom. The molecule has 1 unspecified atom stereocenters. The molecule has 1 aliphatic carbocycles. The van der Waals surface area contributed by atoms with Gasteiger partial charge in [-0.05, 0) is 30.9 Å². The van der Waals surface area contributed by atoms with Gasteiger partial charge in [-0.25, -0.2) is 0 Å². The van der Waals surface area contributed by atoms with Crippen molar-refractivity contribution in [2.45, 2.75) is 26.2 Å². The maximum atomic E-state index is 12.1. The van der Waals surface area contributed by atoms with Crippen LogP contribution in [0.5, 0.6) is 5.75 Å². The summed E-state index contributed by atoms with van der Waals surface area (Å²) in [5.74, 6) is 1.52. The number of rotatable bonds is 1. The smallest absolute Gasteiger partial charge is 0.164 e. The molecule has 0 aromatic heterocycles. The lowest BCUT2D eigenvalue weighted by Gasteiger charge is -2.11. The Labute approximate surface area is 104 Å². The fraction of sp³-hybridized carbons (Fsp3) is 0.462. The maximum absolute atomic E-state index is 12.1. The van der Waals surface area contributed by atoms with Gasteiger partial charge >= 0.3 is 0 Å². The third-order valence-corrected chi connectivity index (χ3v) is 3.80. The molecule has 1 aromatic carbocycles. The molecule has 0 heterocycles. The number of hydrogen-bond donors (Lipinski definition) is 0. The van der Waals surface area contributed by atoms with Crippen molar-refractivity contribution in [3.05, 3.63) is 27.7 Å². The van der Waals surface area contributed by atoms with E-state index in [0.717, 1.165) is 34.2 Å². The van der Waals surface area contributed by atoms with Crippen molar-refractivity contribution in [2.75, 3.05) is 7.11 Å². The molecule has 0 aliphatic heterocycles. The Morgan fingerprint density at radius 3 is 2.88 bits per heavy atom. The summed E-state index contributed by atoms with van der Waals surface area (Å²) in [5, 5.41) is 0. The Kier molecular flexibility index (Phi) is 3.33. The molecule has 16 heavy (non-hydrogen) atoms. The van der Waals surface area contributed by atoms with Gasteiger partial charge in [0.1, 0.15) is 5.75 Å². The summed E-state index contributed by atoms with van der Waals surface area (Å²) in [6.07, 6.45) is 2.61. The van der Waals surface area contributed by atoms with Crippen LogP contribution in [0.25, 0.3) is 0 Å². The van der Waals surface area contributed by atoms with Crippen molar-refractivity contribution < 1.29 is 9.53 Å². The molecule has 2 nitrogen and oxygen atoms in total. The van der Waals surface area contributed by atoms with Crippen LogP contribution < -0.4 is 4.74 Å². The second-order valence-electron chi connectivity index (χ2n) is 4.37. The third kappa shape index (κ3) is 2.01. The van der Waals surface area contributed by atoms with Crippen LogP contribution in [0, 0.1) is 5.92 Å². The van der Waals surface area contributed by atoms with E-state index in [-0.39, 0.29) is 5.78 Å². The van der Waals surface area contributed by atoms with Gasteiger partial charge in [0, 0.05) is 22.0 Å². The van der Waals surface area contributed by atoms with Gasteiger partial charge < -0.3 is 4.74 Å². The fourth-order valence-corrected chi connectivity index (χ4v) is 2.84. The highest BCUT2D eigenvalue weighted by molar-refractivity contribution is 9.10. The number of Topliss-reactive ketones (excluding diaryl/α,β-unsaturated/α-hetero) is 1. The van der Waals surface area contributed by atoms with Gasteiger partial charge in [-0.1, -0.05) is 22.9 Å². The van der Waals surface area contributed by atoms with Crippen molar-refractivity contribution in [1.29, 1.82) is 0 Å². The normalized spacial score (nSPS) is 20.2. The van der Waals surface area contributed by atoms with Crippen molar-refractivity contribution >= 4 is 21.7 Å². The summed E-state index contributed by atoms with van der Waals surface area (Å²) >= 11 is 3.46. The zero-order chi connectivity index (χ0) is 11.7. The van der Waals surface area contributed by atoms with Gasteiger partial charge in [-0.3, -0.25) is 4.79 Å². The number of fused-ring (bicyclic) bond motifs is 1. The quantitative estimate of drug-likeness (QED) is 0.736. The van der Waals surface area contributed by atoms with Gasteiger partial charge in [0.05, 0.1) is 7.11 Å². The fourth-order valence-electron chi connectivity index (χ4n) is 2.25. The first-order valence-electron chi connectivity index (χ1n) is 5.52. The molecular weight excluding hydrogens is 268 g/mol. The van der Waals surface area contributed by atoms with Crippen LogP contribution in [0.2, 0.25) is 0 Å². The Bertz CT molecular complexity index is 426. The van der Waals surface area contributed by atoms with Gasteiger partial charge in [0.15, 0.2) is 5.78 Å². The standard InChI is InChI=1S/C13H15BrO2/c1-8-3-4-9-12(16-2)6-5-10(14)13(9)11(15)7-8/h5-6,8H,3-4,7H2,1-2H3. The summed E-state index contributed by atoms with van der Waals surface area (Å²) < 4.78 is 6.22. The monoisotopic (exact) mass is 282 g/mol. The first kappa shape index (κ1) is 11.6. The zero-order valence-corrected chi connectivity index (χ0v) is 11.1. The van der Waals surface area contributed by atoms with Gasteiger partial charge in [-0.2, -0.15) is 0 Å². The molecule has 1 atom stereocenters. The summed E-state index contributed by atoms with van der Waals surface area (Å²) in [5.41, 5.74) is 1.88. The minimum atomic E-state index is 0.228. The molecule has 0 spiro atoms. The van der Waals surface area contributed by atoms with Crippen molar-refractivity contribution in [3.8, 4) is 5.75 Å². The number of ketones is 1. The SMILES string of the molecule is COc1ccc(Br)c2c1CCC(C)CC2=O. The molecular formula is C13H15BrO2. The Balaban J connectivity index is 2.57. The van der Waals surface area contributed by atoms with Crippen LogP contribution >= 0.6 is 15.9 Å². The molecule has 0 saturated heterocycles. The first-order valence-corrected chi connectivity index (χ1v) is 6.31. The second-order valence-corrected chi connectivity index (χ2v) is 5.23. The first-order chi connectivity index (χ1) is 7.63. The van der Waals surface area contributed by atoms with E-state index in [2.05, 4.69) is 22.9 Å². The predicted molar refractivity (Wildman–Crippen MR) is 67.1 cm³/mol. The van der Waals surface area contributed by atoms with Crippen molar-refractivity contribution in [1.82, 2.24) is 0 Å². The van der Waals surface area contributed by atoms with Crippen LogP contribution in [-0.4, -0.2) is 12.9 Å². The van der Waals surface area contributed by atoms with E-state index in [9.17, 15) is 4.79 Å². The molecule has 0 fully saturated rings. The molecule has 0 radical (unpaired) electrons. The molecule has 1 aliphatic rings. The van der Waals surface area contributed by atoms with Gasteiger partial charge in [0.25, 0.3) is 0 Å².